The molecule has 0 bridgehead atoms. The van der Waals surface area contributed by atoms with Crippen molar-refractivity contribution in [3.05, 3.63) is 11.6 Å². The zero-order chi connectivity index (χ0) is 31.7. The summed E-state index contributed by atoms with van der Waals surface area (Å²) in [4.78, 5) is 35.3. The van der Waals surface area contributed by atoms with Crippen LogP contribution in [0.5, 0.6) is 0 Å². The number of nitrogens with zero attached hydrogens (tertiary/aromatic N) is 1. The lowest BCUT2D eigenvalue weighted by molar-refractivity contribution is -0.287. The minimum Gasteiger partial charge on any atom is -0.458 e. The number of hydrogen-bond acceptors (Lipinski definition) is 11. The van der Waals surface area contributed by atoms with Gasteiger partial charge in [-0.2, -0.15) is 5.26 Å². The SMILES string of the molecule is CC(=O)O[C@H]1[C@H](C)O[C@@H](O[C@@H]2CC[C@]3(C#N)[C@H]4CC[C@]5(C)[C@H](C6=CC(=O)OC6)CC[C@]5(O)[C@@H]4CC[C@]3(O)C2)C[C@H]1OC(C)=O. The maximum Gasteiger partial charge on any atom is 0.331 e. The van der Waals surface area contributed by atoms with E-state index in [4.69, 9.17) is 23.7 Å². The molecule has 2 N–H and O–H groups in total. The van der Waals surface area contributed by atoms with Crippen LogP contribution in [0, 0.1) is 39.9 Å². The molecule has 0 radical (unpaired) electrons. The molecule has 4 saturated carbocycles. The Morgan fingerprint density at radius 1 is 1.02 bits per heavy atom. The Morgan fingerprint density at radius 2 is 1.75 bits per heavy atom. The average Bonchev–Trinajstić information content (AvgIpc) is 3.49. The normalized spacial score (nSPS) is 48.1. The number of ether oxygens (including phenoxy) is 5. The first kappa shape index (κ1) is 31.5. The van der Waals surface area contributed by atoms with Gasteiger partial charge < -0.3 is 33.9 Å². The molecule has 5 fully saturated rings. The van der Waals surface area contributed by atoms with Gasteiger partial charge in [-0.05, 0) is 81.6 Å². The van der Waals surface area contributed by atoms with Crippen molar-refractivity contribution < 1.29 is 48.3 Å². The number of nitriles is 1. The Labute approximate surface area is 258 Å². The highest BCUT2D eigenvalue weighted by molar-refractivity contribution is 5.85. The van der Waals surface area contributed by atoms with Crippen molar-refractivity contribution >= 4 is 17.9 Å². The van der Waals surface area contributed by atoms with Gasteiger partial charge in [0, 0.05) is 38.2 Å². The van der Waals surface area contributed by atoms with Crippen LogP contribution in [0.3, 0.4) is 0 Å². The average molecular weight is 616 g/mol. The van der Waals surface area contributed by atoms with E-state index in [1.807, 2.05) is 0 Å². The highest BCUT2D eigenvalue weighted by Crippen LogP contribution is 2.70. The van der Waals surface area contributed by atoms with Crippen LogP contribution in [0.4, 0.5) is 0 Å². The Kier molecular flexibility index (Phi) is 7.92. The number of esters is 3. The Hall–Kier alpha value is -2.52. The van der Waals surface area contributed by atoms with Crippen LogP contribution in [-0.4, -0.2) is 76.6 Å². The Bertz CT molecular complexity index is 1280. The third-order valence-corrected chi connectivity index (χ3v) is 12.3. The van der Waals surface area contributed by atoms with Crippen molar-refractivity contribution in [2.24, 2.45) is 28.6 Å². The predicted octanol–water partition coefficient (Wildman–Crippen LogP) is 3.25. The molecule has 0 aromatic rings. The van der Waals surface area contributed by atoms with Gasteiger partial charge in [-0.3, -0.25) is 9.59 Å². The van der Waals surface area contributed by atoms with Crippen molar-refractivity contribution in [3.63, 3.8) is 0 Å². The van der Waals surface area contributed by atoms with E-state index in [0.717, 1.165) is 12.0 Å². The second-order valence-corrected chi connectivity index (χ2v) is 14.4. The van der Waals surface area contributed by atoms with Crippen molar-refractivity contribution in [2.45, 2.75) is 134 Å². The predicted molar refractivity (Wildman–Crippen MR) is 152 cm³/mol. The molecule has 1 saturated heterocycles. The van der Waals surface area contributed by atoms with E-state index in [2.05, 4.69) is 13.0 Å². The van der Waals surface area contributed by atoms with Gasteiger partial charge in [0.05, 0.1) is 34.9 Å². The molecule has 11 nitrogen and oxygen atoms in total. The Balaban J connectivity index is 1.18. The van der Waals surface area contributed by atoms with Gasteiger partial charge in [-0.15, -0.1) is 0 Å². The fourth-order valence-corrected chi connectivity index (χ4v) is 10.4. The fourth-order valence-electron chi connectivity index (χ4n) is 10.4. The molecular formula is C33H45NO10. The molecule has 11 heteroatoms. The summed E-state index contributed by atoms with van der Waals surface area (Å²) in [5, 5.41) is 35.5. The van der Waals surface area contributed by atoms with Crippen molar-refractivity contribution in [1.82, 2.24) is 0 Å². The Morgan fingerprint density at radius 3 is 2.41 bits per heavy atom. The molecule has 0 spiro atoms. The van der Waals surface area contributed by atoms with Gasteiger partial charge in [0.1, 0.15) is 12.7 Å². The summed E-state index contributed by atoms with van der Waals surface area (Å²) < 4.78 is 28.5. The minimum atomic E-state index is -1.29. The van der Waals surface area contributed by atoms with Crippen LogP contribution in [0.1, 0.15) is 91.9 Å². The molecular weight excluding hydrogens is 570 g/mol. The summed E-state index contributed by atoms with van der Waals surface area (Å²) in [6, 6.07) is 2.59. The highest BCUT2D eigenvalue weighted by Gasteiger charge is 2.72. The third kappa shape index (κ3) is 4.79. The van der Waals surface area contributed by atoms with E-state index in [0.29, 0.717) is 44.9 Å². The van der Waals surface area contributed by atoms with E-state index in [-0.39, 0.29) is 43.2 Å². The van der Waals surface area contributed by atoms with Crippen LogP contribution in [0.2, 0.25) is 0 Å². The van der Waals surface area contributed by atoms with Crippen molar-refractivity contribution in [1.29, 1.82) is 5.26 Å². The lowest BCUT2D eigenvalue weighted by Crippen LogP contribution is -2.68. The van der Waals surface area contributed by atoms with E-state index >= 15 is 0 Å². The number of hydrogen-bond donors (Lipinski definition) is 2. The zero-order valence-electron chi connectivity index (χ0n) is 26.1. The molecule has 2 heterocycles. The summed E-state index contributed by atoms with van der Waals surface area (Å²) in [5.41, 5.74) is -2.78. The zero-order valence-corrected chi connectivity index (χ0v) is 26.1. The molecule has 0 aromatic carbocycles. The van der Waals surface area contributed by atoms with Gasteiger partial charge in [0.15, 0.2) is 12.4 Å². The number of rotatable bonds is 5. The summed E-state index contributed by atoms with van der Waals surface area (Å²) in [5.74, 6) is -1.56. The molecule has 6 aliphatic rings. The quantitative estimate of drug-likeness (QED) is 0.265. The smallest absolute Gasteiger partial charge is 0.331 e. The largest absolute Gasteiger partial charge is 0.458 e. The standard InChI is InChI=1S/C33H45NO10/c1-18-29(43-20(3)36)26(42-19(2)35)14-28(41-18)44-22-5-10-31(17-34)24-6-9-30(4)23(21-13-27(37)40-16-21)8-12-33(30,39)25(24)7-11-32(31,38)15-22/h13,18,22-26,28-29,38-39H,5-12,14-16H2,1-4H3/t18-,22+,23-,24-,25+,26+,28-,29-,30+,31-,32-,33-/m0/s1. The topological polar surface area (TPSA) is 162 Å². The number of carbonyl (C=O) groups excluding carboxylic acids is 3. The summed E-state index contributed by atoms with van der Waals surface area (Å²) in [6.07, 6.45) is 3.53. The lowest BCUT2D eigenvalue weighted by atomic mass is 9.41. The van der Waals surface area contributed by atoms with Gasteiger partial charge in [-0.1, -0.05) is 6.92 Å². The lowest BCUT2D eigenvalue weighted by Gasteiger charge is -2.64. The molecule has 2 aliphatic heterocycles. The summed E-state index contributed by atoms with van der Waals surface area (Å²) in [7, 11) is 0. The van der Waals surface area contributed by atoms with Gasteiger partial charge in [0.2, 0.25) is 0 Å². The van der Waals surface area contributed by atoms with E-state index in [1.54, 1.807) is 13.0 Å². The molecule has 0 unspecified atom stereocenters. The number of carbonyl (C=O) groups is 3. The van der Waals surface area contributed by atoms with Crippen molar-refractivity contribution in [2.75, 3.05) is 6.61 Å². The number of cyclic esters (lactones) is 1. The maximum atomic E-state index is 12.5. The molecule has 6 rings (SSSR count). The second kappa shape index (κ2) is 11.1. The molecule has 0 aromatic heterocycles. The summed E-state index contributed by atoms with van der Waals surface area (Å²) in [6.45, 7) is 6.74. The third-order valence-electron chi connectivity index (χ3n) is 12.3. The van der Waals surface area contributed by atoms with Gasteiger partial charge in [-0.25, -0.2) is 4.79 Å². The van der Waals surface area contributed by atoms with Gasteiger partial charge >= 0.3 is 17.9 Å². The minimum absolute atomic E-state index is 0.0528. The van der Waals surface area contributed by atoms with Crippen LogP contribution < -0.4 is 0 Å². The molecule has 0 amide bonds. The van der Waals surface area contributed by atoms with Gasteiger partial charge in [0.25, 0.3) is 0 Å². The van der Waals surface area contributed by atoms with Crippen LogP contribution >= 0.6 is 0 Å². The first-order chi connectivity index (χ1) is 20.7. The second-order valence-electron chi connectivity index (χ2n) is 14.4. The first-order valence-electron chi connectivity index (χ1n) is 16.1. The molecule has 242 valence electrons. The monoisotopic (exact) mass is 615 g/mol. The van der Waals surface area contributed by atoms with E-state index in [1.165, 1.54) is 13.8 Å². The number of aliphatic hydroxyl groups is 2. The molecule has 4 aliphatic carbocycles. The van der Waals surface area contributed by atoms with E-state index in [9.17, 15) is 29.9 Å². The number of fused-ring (bicyclic) bond motifs is 5. The highest BCUT2D eigenvalue weighted by atomic mass is 16.7. The van der Waals surface area contributed by atoms with Crippen LogP contribution in [-0.2, 0) is 38.1 Å². The van der Waals surface area contributed by atoms with Crippen LogP contribution in [0.15, 0.2) is 11.6 Å². The maximum absolute atomic E-state index is 12.5. The van der Waals surface area contributed by atoms with E-state index < -0.39 is 64.7 Å². The summed E-state index contributed by atoms with van der Waals surface area (Å²) >= 11 is 0. The van der Waals surface area contributed by atoms with Crippen LogP contribution in [0.25, 0.3) is 0 Å². The molecule has 44 heavy (non-hydrogen) atoms. The molecule has 12 atom stereocenters. The first-order valence-corrected chi connectivity index (χ1v) is 16.1. The van der Waals surface area contributed by atoms with Crippen molar-refractivity contribution in [3.8, 4) is 6.07 Å². The fraction of sp³-hybridized carbons (Fsp3) is 0.818.